The van der Waals surface area contributed by atoms with Crippen LogP contribution in [0, 0.1) is 0 Å². The molecule has 0 spiro atoms. The molecule has 0 aliphatic carbocycles. The van der Waals surface area contributed by atoms with Gasteiger partial charge in [0.25, 0.3) is 11.8 Å². The second-order valence-electron chi connectivity index (χ2n) is 6.48. The molecular formula is C21H20N2O3. The number of ether oxygens (including phenoxy) is 1. The van der Waals surface area contributed by atoms with E-state index < -0.39 is 0 Å². The molecule has 0 saturated carbocycles. The van der Waals surface area contributed by atoms with E-state index in [2.05, 4.69) is 11.4 Å². The van der Waals surface area contributed by atoms with Crippen molar-refractivity contribution >= 4 is 23.2 Å². The molecule has 5 heteroatoms. The molecule has 4 rings (SSSR count). The fourth-order valence-electron chi connectivity index (χ4n) is 3.34. The number of rotatable bonds is 3. The highest BCUT2D eigenvalue weighted by Gasteiger charge is 2.25. The van der Waals surface area contributed by atoms with Crippen LogP contribution in [0.5, 0.6) is 0 Å². The Balaban J connectivity index is 1.45. The van der Waals surface area contributed by atoms with Crippen LogP contribution in [-0.4, -0.2) is 25.0 Å². The number of amides is 2. The molecule has 2 aromatic carbocycles. The summed E-state index contributed by atoms with van der Waals surface area (Å²) < 4.78 is 5.20. The quantitative estimate of drug-likeness (QED) is 0.923. The number of anilines is 2. The Morgan fingerprint density at radius 3 is 2.58 bits per heavy atom. The monoisotopic (exact) mass is 348 g/mol. The maximum absolute atomic E-state index is 12.8. The summed E-state index contributed by atoms with van der Waals surface area (Å²) in [5.74, 6) is -0.173. The molecule has 26 heavy (non-hydrogen) atoms. The lowest BCUT2D eigenvalue weighted by Gasteiger charge is -2.18. The number of carbonyl (C=O) groups is 2. The second kappa shape index (κ2) is 7.04. The number of hydrogen-bond donors (Lipinski definition) is 1. The van der Waals surface area contributed by atoms with E-state index in [1.807, 2.05) is 23.1 Å². The van der Waals surface area contributed by atoms with Gasteiger partial charge in [-0.25, -0.2) is 0 Å². The average molecular weight is 348 g/mol. The molecule has 0 radical (unpaired) electrons. The van der Waals surface area contributed by atoms with E-state index in [1.54, 1.807) is 24.3 Å². The van der Waals surface area contributed by atoms with Crippen molar-refractivity contribution in [3.05, 3.63) is 71.5 Å². The Kier molecular flexibility index (Phi) is 4.44. The van der Waals surface area contributed by atoms with Gasteiger partial charge in [-0.1, -0.05) is 18.2 Å². The predicted octanol–water partition coefficient (Wildman–Crippen LogP) is 3.52. The molecular weight excluding hydrogens is 328 g/mol. The summed E-state index contributed by atoms with van der Waals surface area (Å²) >= 11 is 0. The third kappa shape index (κ3) is 3.20. The number of benzene rings is 2. The first kappa shape index (κ1) is 16.4. The van der Waals surface area contributed by atoms with Crippen LogP contribution in [0.25, 0.3) is 0 Å². The minimum Gasteiger partial charge on any atom is -0.501 e. The highest BCUT2D eigenvalue weighted by atomic mass is 16.5. The first-order valence-corrected chi connectivity index (χ1v) is 8.84. The van der Waals surface area contributed by atoms with Crippen molar-refractivity contribution in [2.24, 2.45) is 0 Å². The van der Waals surface area contributed by atoms with Gasteiger partial charge in [-0.05, 0) is 55.2 Å². The fraction of sp³-hybridized carbons (Fsp3) is 0.238. The molecule has 0 fully saturated rings. The summed E-state index contributed by atoms with van der Waals surface area (Å²) in [4.78, 5) is 26.8. The molecule has 2 aliphatic rings. The first-order chi connectivity index (χ1) is 12.7. The lowest BCUT2D eigenvalue weighted by Crippen LogP contribution is -2.28. The number of nitrogens with one attached hydrogen (secondary N) is 1. The van der Waals surface area contributed by atoms with Gasteiger partial charge in [0.1, 0.15) is 0 Å². The van der Waals surface area contributed by atoms with Crippen molar-refractivity contribution in [2.75, 3.05) is 23.4 Å². The molecule has 132 valence electrons. The van der Waals surface area contributed by atoms with Gasteiger partial charge in [-0.15, -0.1) is 0 Å². The van der Waals surface area contributed by atoms with Crippen molar-refractivity contribution in [2.45, 2.75) is 19.3 Å². The standard InChI is InChI=1S/C21H20N2O3/c24-20(17-5-3-13-26-14-17)22-18-9-7-16(8-10-18)21(25)23-12-11-15-4-1-2-6-19(15)23/h1-2,4,6-10,14H,3,5,11-13H2,(H,22,24). The van der Waals surface area contributed by atoms with Crippen LogP contribution in [0.4, 0.5) is 11.4 Å². The van der Waals surface area contributed by atoms with E-state index >= 15 is 0 Å². The number of hydrogen-bond acceptors (Lipinski definition) is 3. The minimum absolute atomic E-state index is 0.0174. The van der Waals surface area contributed by atoms with Crippen LogP contribution in [-0.2, 0) is 16.0 Å². The molecule has 0 atom stereocenters. The predicted molar refractivity (Wildman–Crippen MR) is 100 cm³/mol. The average Bonchev–Trinajstić information content (AvgIpc) is 3.13. The van der Waals surface area contributed by atoms with Crippen molar-refractivity contribution < 1.29 is 14.3 Å². The van der Waals surface area contributed by atoms with E-state index in [-0.39, 0.29) is 11.8 Å². The van der Waals surface area contributed by atoms with E-state index in [0.29, 0.717) is 30.0 Å². The van der Waals surface area contributed by atoms with Crippen molar-refractivity contribution in [3.63, 3.8) is 0 Å². The first-order valence-electron chi connectivity index (χ1n) is 8.84. The lowest BCUT2D eigenvalue weighted by molar-refractivity contribution is -0.113. The smallest absolute Gasteiger partial charge is 0.258 e. The Labute approximate surface area is 152 Å². The van der Waals surface area contributed by atoms with Crippen LogP contribution < -0.4 is 10.2 Å². The number of carbonyl (C=O) groups excluding carboxylic acids is 2. The van der Waals surface area contributed by atoms with Gasteiger partial charge < -0.3 is 15.0 Å². The Morgan fingerprint density at radius 1 is 1.00 bits per heavy atom. The largest absolute Gasteiger partial charge is 0.501 e. The van der Waals surface area contributed by atoms with Gasteiger partial charge in [-0.3, -0.25) is 9.59 Å². The van der Waals surface area contributed by atoms with Gasteiger partial charge in [0.2, 0.25) is 0 Å². The van der Waals surface area contributed by atoms with Crippen LogP contribution in [0.2, 0.25) is 0 Å². The third-order valence-corrected chi connectivity index (χ3v) is 4.75. The summed E-state index contributed by atoms with van der Waals surface area (Å²) in [6.45, 7) is 1.36. The van der Waals surface area contributed by atoms with E-state index in [9.17, 15) is 9.59 Å². The Morgan fingerprint density at radius 2 is 1.81 bits per heavy atom. The van der Waals surface area contributed by atoms with Crippen molar-refractivity contribution in [1.82, 2.24) is 0 Å². The Hall–Kier alpha value is -3.08. The van der Waals surface area contributed by atoms with Gasteiger partial charge >= 0.3 is 0 Å². The van der Waals surface area contributed by atoms with E-state index in [1.165, 1.54) is 11.8 Å². The SMILES string of the molecule is O=C(Nc1ccc(C(=O)N2CCc3ccccc32)cc1)C1=COCCC1. The molecule has 0 unspecified atom stereocenters. The maximum Gasteiger partial charge on any atom is 0.258 e. The summed E-state index contributed by atoms with van der Waals surface area (Å²) in [5.41, 5.74) is 4.11. The number of para-hydroxylation sites is 1. The van der Waals surface area contributed by atoms with Crippen LogP contribution in [0.3, 0.4) is 0 Å². The van der Waals surface area contributed by atoms with Gasteiger partial charge in [0.05, 0.1) is 18.4 Å². The van der Waals surface area contributed by atoms with Crippen molar-refractivity contribution in [1.29, 1.82) is 0 Å². The fourth-order valence-corrected chi connectivity index (χ4v) is 3.34. The molecule has 0 bridgehead atoms. The van der Waals surface area contributed by atoms with Gasteiger partial charge in [0.15, 0.2) is 0 Å². The minimum atomic E-state index is -0.155. The van der Waals surface area contributed by atoms with E-state index in [4.69, 9.17) is 4.74 Å². The van der Waals surface area contributed by atoms with Crippen LogP contribution in [0.1, 0.15) is 28.8 Å². The second-order valence-corrected chi connectivity index (χ2v) is 6.48. The third-order valence-electron chi connectivity index (χ3n) is 4.75. The normalized spacial score (nSPS) is 15.7. The summed E-state index contributed by atoms with van der Waals surface area (Å²) in [6, 6.07) is 15.0. The molecule has 0 aromatic heterocycles. The molecule has 2 aliphatic heterocycles. The molecule has 2 amide bonds. The Bertz CT molecular complexity index is 871. The van der Waals surface area contributed by atoms with Gasteiger partial charge in [-0.2, -0.15) is 0 Å². The summed E-state index contributed by atoms with van der Waals surface area (Å²) in [7, 11) is 0. The highest BCUT2D eigenvalue weighted by Crippen LogP contribution is 2.29. The molecule has 2 aromatic rings. The topological polar surface area (TPSA) is 58.6 Å². The zero-order valence-electron chi connectivity index (χ0n) is 14.4. The highest BCUT2D eigenvalue weighted by molar-refractivity contribution is 6.08. The molecule has 2 heterocycles. The lowest BCUT2D eigenvalue weighted by atomic mass is 10.1. The van der Waals surface area contributed by atoms with E-state index in [0.717, 1.165) is 24.9 Å². The summed E-state index contributed by atoms with van der Waals surface area (Å²) in [6.07, 6.45) is 3.98. The van der Waals surface area contributed by atoms with Crippen LogP contribution >= 0.6 is 0 Å². The van der Waals surface area contributed by atoms with Gasteiger partial charge in [0, 0.05) is 23.5 Å². The van der Waals surface area contributed by atoms with Crippen molar-refractivity contribution in [3.8, 4) is 0 Å². The van der Waals surface area contributed by atoms with Crippen LogP contribution in [0.15, 0.2) is 60.4 Å². The number of nitrogens with zero attached hydrogens (tertiary/aromatic N) is 1. The molecule has 5 nitrogen and oxygen atoms in total. The molecule has 1 N–H and O–H groups in total. The summed E-state index contributed by atoms with van der Waals surface area (Å²) in [5, 5.41) is 2.85. The maximum atomic E-state index is 12.8. The zero-order valence-corrected chi connectivity index (χ0v) is 14.4. The molecule has 0 saturated heterocycles. The zero-order chi connectivity index (χ0) is 17.9. The number of fused-ring (bicyclic) bond motifs is 1.